The zero-order valence-corrected chi connectivity index (χ0v) is 33.1. The van der Waals surface area contributed by atoms with Crippen molar-refractivity contribution in [1.82, 2.24) is 0 Å². The van der Waals surface area contributed by atoms with E-state index < -0.39 is 0 Å². The minimum atomic E-state index is -0.160. The first-order valence-electron chi connectivity index (χ1n) is 20.7. The summed E-state index contributed by atoms with van der Waals surface area (Å²) < 4.78 is 0. The molecule has 1 nitrogen and oxygen atoms in total. The van der Waals surface area contributed by atoms with Crippen LogP contribution in [0.25, 0.3) is 33.0 Å². The maximum Gasteiger partial charge on any atom is 0.0551 e. The number of nitrogens with one attached hydrogen (secondary N) is 1. The summed E-state index contributed by atoms with van der Waals surface area (Å²) in [5.74, 6) is 0.605. The molecule has 1 heteroatoms. The van der Waals surface area contributed by atoms with Gasteiger partial charge in [-0.05, 0) is 91.4 Å². The predicted octanol–water partition coefficient (Wildman–Crippen LogP) is 14.3. The highest BCUT2D eigenvalue weighted by atomic mass is 14.9. The first-order chi connectivity index (χ1) is 27.9. The minimum absolute atomic E-state index is 0.0135. The fourth-order valence-electron chi connectivity index (χ4n) is 10.1. The van der Waals surface area contributed by atoms with Crippen LogP contribution in [0.3, 0.4) is 0 Å². The van der Waals surface area contributed by atoms with Crippen LogP contribution < -0.4 is 5.32 Å². The molecule has 0 saturated carbocycles. The molecule has 278 valence electrons. The lowest BCUT2D eigenvalue weighted by atomic mass is 9.71. The maximum absolute atomic E-state index is 4.04. The summed E-state index contributed by atoms with van der Waals surface area (Å²) in [6.45, 7) is 7.20. The molecule has 0 saturated heterocycles. The lowest BCUT2D eigenvalue weighted by molar-refractivity contribution is 0.602. The fraction of sp³-hybridized carbons (Fsp3) is 0.179. The van der Waals surface area contributed by atoms with Crippen molar-refractivity contribution in [2.24, 2.45) is 0 Å². The van der Waals surface area contributed by atoms with Crippen LogP contribution in [0.5, 0.6) is 0 Å². The van der Waals surface area contributed by atoms with Gasteiger partial charge >= 0.3 is 0 Å². The predicted molar refractivity (Wildman–Crippen MR) is 243 cm³/mol. The Morgan fingerprint density at radius 1 is 0.649 bits per heavy atom. The lowest BCUT2D eigenvalue weighted by Crippen LogP contribution is -2.27. The molecule has 0 aromatic heterocycles. The number of hydrogen-bond donors (Lipinski definition) is 1. The molecule has 0 radical (unpaired) electrons. The molecule has 0 spiro atoms. The van der Waals surface area contributed by atoms with E-state index in [-0.39, 0.29) is 22.8 Å². The van der Waals surface area contributed by atoms with Crippen LogP contribution in [-0.2, 0) is 10.8 Å². The monoisotopic (exact) mass is 735 g/mol. The third-order valence-corrected chi connectivity index (χ3v) is 13.3. The molecular weight excluding hydrogens is 687 g/mol. The summed E-state index contributed by atoms with van der Waals surface area (Å²) in [4.78, 5) is 0. The zero-order chi connectivity index (χ0) is 38.6. The molecule has 57 heavy (non-hydrogen) atoms. The highest BCUT2D eigenvalue weighted by Gasteiger charge is 2.41. The molecule has 6 aromatic rings. The van der Waals surface area contributed by atoms with E-state index in [0.717, 1.165) is 12.8 Å². The standard InChI is InChI=1S/C56H49N/c1-55(2)51-24-13-12-22-47(51)48-28-27-44(37-53(48)55)57-54-30-26-42(38-15-6-4-7-16-38)35-50(54)43-25-29-52(49(36-43)40-17-8-5-9-18-40)56(3)33-31-41(32-34-56)46-23-14-20-39-19-10-11-21-45(39)46/h4-21,23-33,35-37,47,50,54,57H,22,34H2,1-3H3. The van der Waals surface area contributed by atoms with Crippen molar-refractivity contribution in [3.63, 3.8) is 0 Å². The molecule has 0 fully saturated rings. The average molecular weight is 736 g/mol. The number of benzene rings is 6. The van der Waals surface area contributed by atoms with E-state index in [1.165, 1.54) is 72.1 Å². The highest BCUT2D eigenvalue weighted by Crippen LogP contribution is 2.53. The Morgan fingerprint density at radius 3 is 2.23 bits per heavy atom. The molecule has 0 heterocycles. The second-order valence-corrected chi connectivity index (χ2v) is 17.1. The second kappa shape index (κ2) is 14.1. The average Bonchev–Trinajstić information content (AvgIpc) is 3.49. The van der Waals surface area contributed by atoms with Gasteiger partial charge in [-0.25, -0.2) is 0 Å². The van der Waals surface area contributed by atoms with Crippen LogP contribution in [0.2, 0.25) is 0 Å². The third-order valence-electron chi connectivity index (χ3n) is 13.3. The van der Waals surface area contributed by atoms with Crippen LogP contribution in [0.1, 0.15) is 78.8 Å². The minimum Gasteiger partial charge on any atom is -0.378 e. The van der Waals surface area contributed by atoms with Gasteiger partial charge in [0.15, 0.2) is 0 Å². The summed E-state index contributed by atoms with van der Waals surface area (Å²) in [5, 5.41) is 6.63. The van der Waals surface area contributed by atoms with E-state index in [2.05, 4.69) is 220 Å². The topological polar surface area (TPSA) is 12.0 Å². The Kier molecular flexibility index (Phi) is 8.71. The van der Waals surface area contributed by atoms with Gasteiger partial charge in [0.2, 0.25) is 0 Å². The van der Waals surface area contributed by atoms with Crippen molar-refractivity contribution in [2.75, 3.05) is 5.32 Å². The molecular formula is C56H49N. The van der Waals surface area contributed by atoms with Crippen molar-refractivity contribution in [1.29, 1.82) is 0 Å². The Hall–Kier alpha value is -6.18. The van der Waals surface area contributed by atoms with Gasteiger partial charge in [0.25, 0.3) is 0 Å². The fourth-order valence-corrected chi connectivity index (χ4v) is 10.1. The molecule has 10 rings (SSSR count). The first kappa shape index (κ1) is 35.2. The van der Waals surface area contributed by atoms with Crippen LogP contribution in [0, 0.1) is 0 Å². The molecule has 4 unspecified atom stereocenters. The summed E-state index contributed by atoms with van der Waals surface area (Å²) in [5.41, 5.74) is 15.8. The summed E-state index contributed by atoms with van der Waals surface area (Å²) >= 11 is 0. The number of rotatable bonds is 7. The number of allylic oxidation sites excluding steroid dienone is 10. The second-order valence-electron chi connectivity index (χ2n) is 17.1. The lowest BCUT2D eigenvalue weighted by Gasteiger charge is -2.33. The number of hydrogen-bond acceptors (Lipinski definition) is 1. The zero-order valence-electron chi connectivity index (χ0n) is 33.1. The van der Waals surface area contributed by atoms with Crippen molar-refractivity contribution >= 4 is 27.6 Å². The van der Waals surface area contributed by atoms with Gasteiger partial charge in [-0.1, -0.05) is 208 Å². The number of fused-ring (bicyclic) bond motifs is 4. The Labute approximate surface area is 338 Å². The molecule has 4 aliphatic carbocycles. The van der Waals surface area contributed by atoms with E-state index in [1.807, 2.05) is 0 Å². The molecule has 0 aliphatic heterocycles. The van der Waals surface area contributed by atoms with E-state index in [0.29, 0.717) is 5.92 Å². The van der Waals surface area contributed by atoms with Gasteiger partial charge in [-0.3, -0.25) is 0 Å². The SMILES string of the molecule is CC1(c2ccc(C3C=C(c4ccccc4)C=CC3Nc3ccc4c(c3)C(C)(C)C3=CC=CCC34)cc2-c2ccccc2)C=CC(c2cccc3ccccc23)=CC1. The molecule has 0 bridgehead atoms. The van der Waals surface area contributed by atoms with Crippen molar-refractivity contribution in [3.05, 3.63) is 233 Å². The van der Waals surface area contributed by atoms with E-state index >= 15 is 0 Å². The third kappa shape index (κ3) is 6.27. The van der Waals surface area contributed by atoms with Gasteiger partial charge < -0.3 is 5.32 Å². The molecule has 0 amide bonds. The quantitative estimate of drug-likeness (QED) is 0.172. The van der Waals surface area contributed by atoms with Crippen LogP contribution >= 0.6 is 0 Å². The van der Waals surface area contributed by atoms with Gasteiger partial charge in [0, 0.05) is 28.4 Å². The van der Waals surface area contributed by atoms with Gasteiger partial charge in [-0.2, -0.15) is 0 Å². The van der Waals surface area contributed by atoms with E-state index in [4.69, 9.17) is 0 Å². The van der Waals surface area contributed by atoms with Gasteiger partial charge in [-0.15, -0.1) is 0 Å². The Morgan fingerprint density at radius 2 is 1.42 bits per heavy atom. The smallest absolute Gasteiger partial charge is 0.0551 e. The van der Waals surface area contributed by atoms with Crippen LogP contribution in [0.15, 0.2) is 200 Å². The first-order valence-corrected chi connectivity index (χ1v) is 20.7. The van der Waals surface area contributed by atoms with E-state index in [1.54, 1.807) is 5.57 Å². The number of anilines is 1. The van der Waals surface area contributed by atoms with Crippen LogP contribution in [0.4, 0.5) is 5.69 Å². The molecule has 4 aliphatic rings. The van der Waals surface area contributed by atoms with Crippen molar-refractivity contribution in [3.8, 4) is 11.1 Å². The Balaban J connectivity index is 1.03. The van der Waals surface area contributed by atoms with Gasteiger partial charge in [0.05, 0.1) is 6.04 Å². The van der Waals surface area contributed by atoms with Crippen LogP contribution in [-0.4, -0.2) is 6.04 Å². The summed E-state index contributed by atoms with van der Waals surface area (Å²) in [6.07, 6.45) is 23.4. The van der Waals surface area contributed by atoms with E-state index in [9.17, 15) is 0 Å². The molecule has 4 atom stereocenters. The van der Waals surface area contributed by atoms with Crippen molar-refractivity contribution in [2.45, 2.75) is 62.3 Å². The van der Waals surface area contributed by atoms with Crippen molar-refractivity contribution < 1.29 is 0 Å². The Bertz CT molecular complexity index is 2690. The summed E-state index contributed by atoms with van der Waals surface area (Å²) in [7, 11) is 0. The molecule has 1 N–H and O–H groups in total. The maximum atomic E-state index is 4.04. The summed E-state index contributed by atoms with van der Waals surface area (Å²) in [6, 6.07) is 51.7. The highest BCUT2D eigenvalue weighted by molar-refractivity contribution is 5.96. The van der Waals surface area contributed by atoms with Gasteiger partial charge in [0.1, 0.15) is 0 Å². The normalized spacial score (nSPS) is 23.0. The largest absolute Gasteiger partial charge is 0.378 e. The molecule has 6 aromatic carbocycles.